The van der Waals surface area contributed by atoms with Gasteiger partial charge in [-0.05, 0) is 26.0 Å². The van der Waals surface area contributed by atoms with Crippen LogP contribution in [0, 0.1) is 0 Å². The van der Waals surface area contributed by atoms with E-state index in [1.54, 1.807) is 30.1 Å². The lowest BCUT2D eigenvalue weighted by Gasteiger charge is -2.15. The Kier molecular flexibility index (Phi) is 3.59. The number of hydrogen-bond donors (Lipinski definition) is 2. The van der Waals surface area contributed by atoms with Crippen molar-refractivity contribution in [1.82, 2.24) is 10.3 Å². The Bertz CT molecular complexity index is 591. The van der Waals surface area contributed by atoms with E-state index in [1.165, 1.54) is 0 Å². The number of nitrogens with zero attached hydrogens (tertiary/aromatic N) is 2. The van der Waals surface area contributed by atoms with Gasteiger partial charge in [0, 0.05) is 24.8 Å². The van der Waals surface area contributed by atoms with Gasteiger partial charge in [-0.25, -0.2) is 0 Å². The average molecular weight is 262 g/mol. The van der Waals surface area contributed by atoms with E-state index in [0.29, 0.717) is 17.3 Å². The second kappa shape index (κ2) is 5.17. The maximum atomic E-state index is 11.7. The minimum absolute atomic E-state index is 0.0701. The third-order valence-corrected chi connectivity index (χ3v) is 2.56. The van der Waals surface area contributed by atoms with Crippen molar-refractivity contribution in [3.8, 4) is 0 Å². The minimum Gasteiger partial charge on any atom is -0.423 e. The molecule has 19 heavy (non-hydrogen) atoms. The molecule has 6 heteroatoms. The molecule has 2 rings (SSSR count). The summed E-state index contributed by atoms with van der Waals surface area (Å²) in [5, 5.41) is 2.82. The van der Waals surface area contributed by atoms with E-state index in [9.17, 15) is 4.79 Å². The van der Waals surface area contributed by atoms with Crippen LogP contribution in [0.1, 0.15) is 13.8 Å². The molecule has 102 valence electrons. The number of carbonyl (C=O) groups is 1. The fraction of sp³-hybridized carbons (Fsp3) is 0.385. The van der Waals surface area contributed by atoms with Crippen molar-refractivity contribution in [2.75, 3.05) is 24.2 Å². The molecule has 3 N–H and O–H groups in total. The van der Waals surface area contributed by atoms with Gasteiger partial charge in [0.05, 0.1) is 0 Å². The van der Waals surface area contributed by atoms with Crippen LogP contribution in [0.5, 0.6) is 0 Å². The smallest absolute Gasteiger partial charge is 0.298 e. The molecule has 1 aromatic heterocycles. The molecule has 0 spiro atoms. The lowest BCUT2D eigenvalue weighted by molar-refractivity contribution is -0.120. The van der Waals surface area contributed by atoms with Gasteiger partial charge in [-0.15, -0.1) is 0 Å². The van der Waals surface area contributed by atoms with Crippen LogP contribution in [0.3, 0.4) is 0 Å². The number of aromatic nitrogens is 1. The van der Waals surface area contributed by atoms with Crippen LogP contribution in [0.25, 0.3) is 11.1 Å². The average Bonchev–Trinajstić information content (AvgIpc) is 2.70. The Morgan fingerprint density at radius 2 is 2.26 bits per heavy atom. The monoisotopic (exact) mass is 262 g/mol. The number of anilines is 2. The minimum atomic E-state index is -0.0701. The van der Waals surface area contributed by atoms with Crippen LogP contribution in [-0.2, 0) is 4.79 Å². The molecule has 0 aliphatic carbocycles. The second-order valence-electron chi connectivity index (χ2n) is 4.80. The molecular weight excluding hydrogens is 244 g/mol. The number of carbonyl (C=O) groups excluding carboxylic acids is 1. The summed E-state index contributed by atoms with van der Waals surface area (Å²) in [6.45, 7) is 4.03. The molecule has 0 atom stereocenters. The van der Waals surface area contributed by atoms with Gasteiger partial charge in [0.1, 0.15) is 12.1 Å². The van der Waals surface area contributed by atoms with Gasteiger partial charge in [-0.3, -0.25) is 4.79 Å². The second-order valence-corrected chi connectivity index (χ2v) is 4.80. The zero-order valence-electron chi connectivity index (χ0n) is 11.3. The van der Waals surface area contributed by atoms with E-state index in [1.807, 2.05) is 13.8 Å². The Labute approximate surface area is 111 Å². The van der Waals surface area contributed by atoms with E-state index < -0.39 is 0 Å². The molecule has 0 radical (unpaired) electrons. The summed E-state index contributed by atoms with van der Waals surface area (Å²) in [6, 6.07) is 5.79. The van der Waals surface area contributed by atoms with Gasteiger partial charge in [0.25, 0.3) is 6.01 Å². The van der Waals surface area contributed by atoms with Crippen LogP contribution in [0.15, 0.2) is 22.6 Å². The zero-order chi connectivity index (χ0) is 14.0. The Morgan fingerprint density at radius 3 is 2.95 bits per heavy atom. The van der Waals surface area contributed by atoms with Gasteiger partial charge < -0.3 is 20.4 Å². The summed E-state index contributed by atoms with van der Waals surface area (Å²) in [4.78, 5) is 17.6. The molecule has 0 bridgehead atoms. The lowest BCUT2D eigenvalue weighted by Crippen LogP contribution is -2.38. The summed E-state index contributed by atoms with van der Waals surface area (Å²) >= 11 is 0. The number of nitrogens with two attached hydrogens (primary N) is 1. The van der Waals surface area contributed by atoms with Crippen LogP contribution in [0.4, 0.5) is 11.7 Å². The molecule has 0 fully saturated rings. The predicted molar refractivity (Wildman–Crippen MR) is 75.0 cm³/mol. The topological polar surface area (TPSA) is 84.4 Å². The Balaban J connectivity index is 2.13. The number of fused-ring (bicyclic) bond motifs is 1. The van der Waals surface area contributed by atoms with Crippen molar-refractivity contribution in [3.05, 3.63) is 18.2 Å². The zero-order valence-corrected chi connectivity index (χ0v) is 11.3. The van der Waals surface area contributed by atoms with Crippen molar-refractivity contribution in [1.29, 1.82) is 0 Å². The van der Waals surface area contributed by atoms with Crippen molar-refractivity contribution >= 4 is 28.7 Å². The maximum Gasteiger partial charge on any atom is 0.298 e. The summed E-state index contributed by atoms with van der Waals surface area (Å²) in [7, 11) is 1.76. The van der Waals surface area contributed by atoms with Crippen molar-refractivity contribution in [2.24, 2.45) is 0 Å². The highest BCUT2D eigenvalue weighted by molar-refractivity contribution is 5.82. The maximum absolute atomic E-state index is 11.7. The highest BCUT2D eigenvalue weighted by atomic mass is 16.4. The van der Waals surface area contributed by atoms with Crippen molar-refractivity contribution in [2.45, 2.75) is 19.9 Å². The van der Waals surface area contributed by atoms with Crippen LogP contribution in [-0.4, -0.2) is 30.5 Å². The molecule has 0 saturated heterocycles. The van der Waals surface area contributed by atoms with Gasteiger partial charge in [0.15, 0.2) is 5.58 Å². The third-order valence-electron chi connectivity index (χ3n) is 2.56. The lowest BCUT2D eigenvalue weighted by atomic mass is 10.3. The van der Waals surface area contributed by atoms with Crippen LogP contribution in [0.2, 0.25) is 0 Å². The summed E-state index contributed by atoms with van der Waals surface area (Å²) in [5.41, 5.74) is 7.64. The van der Waals surface area contributed by atoms with E-state index in [0.717, 1.165) is 5.52 Å². The first-order chi connectivity index (χ1) is 8.95. The number of benzene rings is 1. The standard InChI is InChI=1S/C13H18N4O2/c1-8(2)15-12(18)7-17(3)13-16-10-5-4-9(14)6-11(10)19-13/h4-6,8H,7,14H2,1-3H3,(H,15,18). The third kappa shape index (κ3) is 3.15. The van der Waals surface area contributed by atoms with Gasteiger partial charge in [-0.1, -0.05) is 0 Å². The van der Waals surface area contributed by atoms with Crippen LogP contribution < -0.4 is 16.0 Å². The van der Waals surface area contributed by atoms with Gasteiger partial charge >= 0.3 is 0 Å². The quantitative estimate of drug-likeness (QED) is 0.813. The molecule has 1 heterocycles. The first kappa shape index (κ1) is 13.2. The SMILES string of the molecule is CC(C)NC(=O)CN(C)c1nc2ccc(N)cc2o1. The first-order valence-corrected chi connectivity index (χ1v) is 6.12. The molecule has 1 aromatic carbocycles. The molecule has 0 unspecified atom stereocenters. The number of nitrogens with one attached hydrogen (secondary N) is 1. The predicted octanol–water partition coefficient (Wildman–Crippen LogP) is 1.37. The number of nitrogen functional groups attached to an aromatic ring is 1. The molecule has 0 aliphatic rings. The number of rotatable bonds is 4. The number of amides is 1. The van der Waals surface area contributed by atoms with E-state index in [2.05, 4.69) is 10.3 Å². The van der Waals surface area contributed by atoms with E-state index >= 15 is 0 Å². The van der Waals surface area contributed by atoms with Crippen LogP contribution >= 0.6 is 0 Å². The largest absolute Gasteiger partial charge is 0.423 e. The highest BCUT2D eigenvalue weighted by Crippen LogP contribution is 2.22. The Morgan fingerprint density at radius 1 is 1.53 bits per heavy atom. The fourth-order valence-electron chi connectivity index (χ4n) is 1.74. The molecule has 6 nitrogen and oxygen atoms in total. The normalized spacial score (nSPS) is 10.9. The summed E-state index contributed by atoms with van der Waals surface area (Å²) in [6.07, 6.45) is 0. The highest BCUT2D eigenvalue weighted by Gasteiger charge is 2.14. The number of likely N-dealkylation sites (N-methyl/N-ethyl adjacent to an activating group) is 1. The number of oxazole rings is 1. The molecule has 2 aromatic rings. The summed E-state index contributed by atoms with van der Waals surface area (Å²) in [5.74, 6) is -0.0701. The van der Waals surface area contributed by atoms with Crippen molar-refractivity contribution < 1.29 is 9.21 Å². The molecule has 1 amide bonds. The van der Waals surface area contributed by atoms with E-state index in [4.69, 9.17) is 10.2 Å². The summed E-state index contributed by atoms with van der Waals surface area (Å²) < 4.78 is 5.57. The Hall–Kier alpha value is -2.24. The number of hydrogen-bond acceptors (Lipinski definition) is 5. The van der Waals surface area contributed by atoms with E-state index in [-0.39, 0.29) is 18.5 Å². The molecule has 0 saturated carbocycles. The molecular formula is C13H18N4O2. The first-order valence-electron chi connectivity index (χ1n) is 6.12. The van der Waals surface area contributed by atoms with Crippen molar-refractivity contribution in [3.63, 3.8) is 0 Å². The van der Waals surface area contributed by atoms with Gasteiger partial charge in [0.2, 0.25) is 5.91 Å². The van der Waals surface area contributed by atoms with Gasteiger partial charge in [-0.2, -0.15) is 4.98 Å². The fourth-order valence-corrected chi connectivity index (χ4v) is 1.74. The molecule has 0 aliphatic heterocycles.